The molecule has 2 aromatic heterocycles. The zero-order valence-electron chi connectivity index (χ0n) is 11.9. The molecular weight excluding hydrogens is 300 g/mol. The first kappa shape index (κ1) is 14.6. The average molecular weight is 316 g/mol. The first-order valence-corrected chi connectivity index (χ1v) is 7.99. The normalized spacial score (nSPS) is 16.8. The van der Waals surface area contributed by atoms with Crippen LogP contribution in [0, 0.1) is 0 Å². The lowest BCUT2D eigenvalue weighted by Crippen LogP contribution is -2.25. The van der Waals surface area contributed by atoms with E-state index in [0.717, 1.165) is 30.5 Å². The third-order valence-electron chi connectivity index (χ3n) is 3.65. The Hall–Kier alpha value is -2.28. The number of aryl methyl sites for hydroxylation is 1. The van der Waals surface area contributed by atoms with Gasteiger partial charge in [-0.3, -0.25) is 14.6 Å². The van der Waals surface area contributed by atoms with Gasteiger partial charge in [0.15, 0.2) is 5.13 Å². The summed E-state index contributed by atoms with van der Waals surface area (Å²) in [5.74, 6) is -0.776. The number of pyridine rings is 1. The fourth-order valence-corrected chi connectivity index (χ4v) is 3.39. The first-order valence-electron chi connectivity index (χ1n) is 7.11. The van der Waals surface area contributed by atoms with Crippen molar-refractivity contribution in [2.45, 2.75) is 31.6 Å². The Balaban J connectivity index is 1.73. The van der Waals surface area contributed by atoms with E-state index >= 15 is 0 Å². The van der Waals surface area contributed by atoms with Crippen molar-refractivity contribution in [2.24, 2.45) is 5.73 Å². The molecule has 22 heavy (non-hydrogen) atoms. The van der Waals surface area contributed by atoms with Crippen molar-refractivity contribution < 1.29 is 9.59 Å². The third-order valence-corrected chi connectivity index (χ3v) is 4.46. The van der Waals surface area contributed by atoms with E-state index in [4.69, 9.17) is 5.73 Å². The molecule has 0 spiro atoms. The second-order valence-corrected chi connectivity index (χ2v) is 6.13. The second kappa shape index (κ2) is 6.23. The van der Waals surface area contributed by atoms with Crippen molar-refractivity contribution in [1.82, 2.24) is 9.97 Å². The highest BCUT2D eigenvalue weighted by Crippen LogP contribution is 2.31. The predicted octanol–water partition coefficient (Wildman–Crippen LogP) is 1.62. The molecule has 1 aliphatic carbocycles. The SMILES string of the molecule is NC(=O)Cc1csc(NC(=O)[C@H]2CCCc3cccnc32)n1. The Labute approximate surface area is 131 Å². The lowest BCUT2D eigenvalue weighted by Gasteiger charge is -2.22. The number of rotatable bonds is 4. The number of carbonyl (C=O) groups is 2. The van der Waals surface area contributed by atoms with E-state index in [1.807, 2.05) is 12.1 Å². The number of fused-ring (bicyclic) bond motifs is 1. The van der Waals surface area contributed by atoms with Gasteiger partial charge in [0.25, 0.3) is 0 Å². The van der Waals surface area contributed by atoms with Crippen LogP contribution in [0.2, 0.25) is 0 Å². The van der Waals surface area contributed by atoms with Gasteiger partial charge in [-0.25, -0.2) is 4.98 Å². The first-order chi connectivity index (χ1) is 10.6. The van der Waals surface area contributed by atoms with Gasteiger partial charge in [-0.15, -0.1) is 11.3 Å². The van der Waals surface area contributed by atoms with Crippen LogP contribution in [0.25, 0.3) is 0 Å². The minimum Gasteiger partial charge on any atom is -0.369 e. The fourth-order valence-electron chi connectivity index (χ4n) is 2.68. The highest BCUT2D eigenvalue weighted by molar-refractivity contribution is 7.13. The molecule has 7 heteroatoms. The van der Waals surface area contributed by atoms with E-state index in [1.165, 1.54) is 11.3 Å². The number of carbonyl (C=O) groups excluding carboxylic acids is 2. The highest BCUT2D eigenvalue weighted by Gasteiger charge is 2.28. The number of hydrogen-bond donors (Lipinski definition) is 2. The number of anilines is 1. The number of thiazole rings is 1. The number of nitrogens with one attached hydrogen (secondary N) is 1. The third kappa shape index (κ3) is 3.14. The van der Waals surface area contributed by atoms with Gasteiger partial charge < -0.3 is 11.1 Å². The molecule has 3 N–H and O–H groups in total. The Bertz CT molecular complexity index is 713. The zero-order valence-corrected chi connectivity index (χ0v) is 12.7. The van der Waals surface area contributed by atoms with Gasteiger partial charge in [0.1, 0.15) is 0 Å². The lowest BCUT2D eigenvalue weighted by molar-refractivity contribution is -0.118. The molecule has 0 saturated heterocycles. The molecule has 6 nitrogen and oxygen atoms in total. The molecule has 2 aromatic rings. The quantitative estimate of drug-likeness (QED) is 0.895. The van der Waals surface area contributed by atoms with Crippen LogP contribution in [0.15, 0.2) is 23.7 Å². The number of nitrogens with zero attached hydrogens (tertiary/aromatic N) is 2. The summed E-state index contributed by atoms with van der Waals surface area (Å²) in [4.78, 5) is 31.9. The Morgan fingerprint density at radius 3 is 3.14 bits per heavy atom. The van der Waals surface area contributed by atoms with Gasteiger partial charge in [0.2, 0.25) is 11.8 Å². The topological polar surface area (TPSA) is 98.0 Å². The minimum absolute atomic E-state index is 0.0835. The Morgan fingerprint density at radius 1 is 1.45 bits per heavy atom. The van der Waals surface area contributed by atoms with E-state index in [-0.39, 0.29) is 18.2 Å². The molecule has 1 aliphatic rings. The Morgan fingerprint density at radius 2 is 2.32 bits per heavy atom. The molecule has 1 atom stereocenters. The summed E-state index contributed by atoms with van der Waals surface area (Å²) in [7, 11) is 0. The van der Waals surface area contributed by atoms with Crippen molar-refractivity contribution in [3.8, 4) is 0 Å². The van der Waals surface area contributed by atoms with E-state index in [9.17, 15) is 9.59 Å². The number of amides is 2. The molecule has 0 unspecified atom stereocenters. The summed E-state index contributed by atoms with van der Waals surface area (Å²) < 4.78 is 0. The van der Waals surface area contributed by atoms with Crippen molar-refractivity contribution in [1.29, 1.82) is 0 Å². The van der Waals surface area contributed by atoms with Crippen molar-refractivity contribution in [3.63, 3.8) is 0 Å². The highest BCUT2D eigenvalue weighted by atomic mass is 32.1. The van der Waals surface area contributed by atoms with Gasteiger partial charge in [-0.2, -0.15) is 0 Å². The van der Waals surface area contributed by atoms with Gasteiger partial charge in [0, 0.05) is 11.6 Å². The van der Waals surface area contributed by atoms with Crippen LogP contribution >= 0.6 is 11.3 Å². The number of nitrogens with two attached hydrogens (primary N) is 1. The molecule has 0 bridgehead atoms. The van der Waals surface area contributed by atoms with Gasteiger partial charge in [-0.1, -0.05) is 6.07 Å². The number of primary amides is 1. The van der Waals surface area contributed by atoms with Crippen LogP contribution in [0.5, 0.6) is 0 Å². The fraction of sp³-hybridized carbons (Fsp3) is 0.333. The molecule has 2 amide bonds. The monoisotopic (exact) mass is 316 g/mol. The zero-order chi connectivity index (χ0) is 15.5. The van der Waals surface area contributed by atoms with Gasteiger partial charge in [-0.05, 0) is 30.9 Å². The molecule has 0 radical (unpaired) electrons. The average Bonchev–Trinajstić information content (AvgIpc) is 2.92. The summed E-state index contributed by atoms with van der Waals surface area (Å²) in [6.07, 6.45) is 4.53. The largest absolute Gasteiger partial charge is 0.369 e. The Kier molecular flexibility index (Phi) is 4.15. The number of aromatic nitrogens is 2. The molecule has 0 aliphatic heterocycles. The van der Waals surface area contributed by atoms with Crippen molar-refractivity contribution in [2.75, 3.05) is 5.32 Å². The van der Waals surface area contributed by atoms with E-state index in [0.29, 0.717) is 10.8 Å². The van der Waals surface area contributed by atoms with Crippen molar-refractivity contribution in [3.05, 3.63) is 40.7 Å². The second-order valence-electron chi connectivity index (χ2n) is 5.27. The number of hydrogen-bond acceptors (Lipinski definition) is 5. The van der Waals surface area contributed by atoms with E-state index < -0.39 is 5.91 Å². The molecule has 0 aromatic carbocycles. The van der Waals surface area contributed by atoms with Crippen LogP contribution in [0.1, 0.15) is 35.7 Å². The standard InChI is InChI=1S/C15H16N4O2S/c16-12(20)7-10-8-22-15(18-10)19-14(21)11-5-1-3-9-4-2-6-17-13(9)11/h2,4,6,8,11H,1,3,5,7H2,(H2,16,20)(H,18,19,21)/t11-/m0/s1. The van der Waals surface area contributed by atoms with Crippen LogP contribution in [-0.2, 0) is 22.4 Å². The van der Waals surface area contributed by atoms with Crippen molar-refractivity contribution >= 4 is 28.3 Å². The maximum atomic E-state index is 12.5. The van der Waals surface area contributed by atoms with Gasteiger partial charge in [0.05, 0.1) is 23.7 Å². The maximum Gasteiger partial charge on any atom is 0.235 e. The van der Waals surface area contributed by atoms with Crippen LogP contribution in [0.4, 0.5) is 5.13 Å². The summed E-state index contributed by atoms with van der Waals surface area (Å²) in [6, 6.07) is 3.92. The van der Waals surface area contributed by atoms with Crippen LogP contribution < -0.4 is 11.1 Å². The molecule has 3 rings (SSSR count). The predicted molar refractivity (Wildman–Crippen MR) is 83.6 cm³/mol. The summed E-state index contributed by atoms with van der Waals surface area (Å²) in [5.41, 5.74) is 7.72. The molecule has 2 heterocycles. The minimum atomic E-state index is -0.436. The maximum absolute atomic E-state index is 12.5. The summed E-state index contributed by atoms with van der Waals surface area (Å²) >= 11 is 1.29. The van der Waals surface area contributed by atoms with Gasteiger partial charge >= 0.3 is 0 Å². The van der Waals surface area contributed by atoms with E-state index in [1.54, 1.807) is 11.6 Å². The lowest BCUT2D eigenvalue weighted by atomic mass is 9.86. The summed E-state index contributed by atoms with van der Waals surface area (Å²) in [6.45, 7) is 0. The smallest absolute Gasteiger partial charge is 0.235 e. The van der Waals surface area contributed by atoms with Crippen LogP contribution in [0.3, 0.4) is 0 Å². The molecule has 0 saturated carbocycles. The summed E-state index contributed by atoms with van der Waals surface area (Å²) in [5, 5.41) is 5.04. The van der Waals surface area contributed by atoms with Crippen LogP contribution in [-0.4, -0.2) is 21.8 Å². The van der Waals surface area contributed by atoms with E-state index in [2.05, 4.69) is 15.3 Å². The molecule has 114 valence electrons. The molecule has 0 fully saturated rings. The molecular formula is C15H16N4O2S.